The molecule has 312 valence electrons. The highest BCUT2D eigenvalue weighted by atomic mass is 16.5. The van der Waals surface area contributed by atoms with Gasteiger partial charge in [-0.1, -0.05) is 55.4 Å². The standard InChI is InChI=1S/C48H58N4O7/c1-26(2)13-12-20-46(8)21-19-31-40(58-46)30(17-16-27(3)4)42-36(41(31)57-9)38-37-39(52-35-15-11-10-14-34(35)50-45(52)51-38)32-25-33(28(5)6)48(37,59-42)47(56,43(32)54)22-18-29(7)44(55)49-23-24-53/h10-11,13-16,18-19,21,28,32-33,39,53,56H,12,17,20,22-25H2,1-9H3,(H,49,55)(H,50,51)/b29-18-. The third-order valence-electron chi connectivity index (χ3n) is 13.2. The number of aliphatic hydroxyl groups is 2. The summed E-state index contributed by atoms with van der Waals surface area (Å²) in [5.41, 5.74) is 3.86. The van der Waals surface area contributed by atoms with Gasteiger partial charge >= 0.3 is 0 Å². The molecule has 6 aliphatic rings. The van der Waals surface area contributed by atoms with E-state index in [1.54, 1.807) is 20.1 Å². The summed E-state index contributed by atoms with van der Waals surface area (Å²) in [6.45, 7) is 16.2. The van der Waals surface area contributed by atoms with Gasteiger partial charge in [-0.3, -0.25) is 9.59 Å². The van der Waals surface area contributed by atoms with Crippen molar-refractivity contribution in [3.05, 3.63) is 87.6 Å². The third-order valence-corrected chi connectivity index (χ3v) is 13.2. The van der Waals surface area contributed by atoms with Crippen LogP contribution in [-0.2, 0) is 16.0 Å². The second-order valence-corrected chi connectivity index (χ2v) is 18.0. The van der Waals surface area contributed by atoms with Gasteiger partial charge < -0.3 is 39.6 Å². The van der Waals surface area contributed by atoms with Gasteiger partial charge in [0.15, 0.2) is 17.0 Å². The number of amides is 1. The van der Waals surface area contributed by atoms with E-state index in [2.05, 4.69) is 88.0 Å². The summed E-state index contributed by atoms with van der Waals surface area (Å²) in [5, 5.41) is 29.4. The number of methoxy groups -OCH3 is 1. The second-order valence-electron chi connectivity index (χ2n) is 18.0. The summed E-state index contributed by atoms with van der Waals surface area (Å²) in [7, 11) is 1.66. The van der Waals surface area contributed by atoms with Crippen LogP contribution in [0.2, 0.25) is 0 Å². The average Bonchev–Trinajstić information content (AvgIpc) is 3.57. The maximum atomic E-state index is 15.4. The van der Waals surface area contributed by atoms with Crippen LogP contribution in [0.5, 0.6) is 17.2 Å². The molecular weight excluding hydrogens is 745 g/mol. The minimum absolute atomic E-state index is 0.0226. The number of fused-ring (bicyclic) bond motifs is 8. The maximum absolute atomic E-state index is 15.4. The van der Waals surface area contributed by atoms with Crippen molar-refractivity contribution in [1.82, 2.24) is 14.9 Å². The van der Waals surface area contributed by atoms with Crippen molar-refractivity contribution in [3.8, 4) is 17.2 Å². The molecule has 3 saturated carbocycles. The number of carbonyl (C=O) groups is 2. The van der Waals surface area contributed by atoms with Crippen molar-refractivity contribution >= 4 is 40.4 Å². The number of hydrogen-bond acceptors (Lipinski definition) is 9. The molecule has 3 aliphatic carbocycles. The lowest BCUT2D eigenvalue weighted by atomic mass is 9.46. The molecule has 4 heterocycles. The van der Waals surface area contributed by atoms with Gasteiger partial charge in [0.2, 0.25) is 11.9 Å². The Morgan fingerprint density at radius 1 is 1.10 bits per heavy atom. The molecule has 11 nitrogen and oxygen atoms in total. The van der Waals surface area contributed by atoms with Gasteiger partial charge in [0.1, 0.15) is 22.8 Å². The minimum atomic E-state index is -2.08. The van der Waals surface area contributed by atoms with Crippen LogP contribution in [0.3, 0.4) is 0 Å². The molecule has 2 aromatic carbocycles. The molecule has 6 unspecified atom stereocenters. The summed E-state index contributed by atoms with van der Waals surface area (Å²) < 4.78 is 23.4. The number of Topliss-reactive ketones (excluding diaryl/α,β-unsaturated/α-hetero) is 1. The number of nitrogens with zero attached hydrogens (tertiary/aromatic N) is 2. The first-order valence-corrected chi connectivity index (χ1v) is 21.0. The van der Waals surface area contributed by atoms with Crippen LogP contribution in [0.25, 0.3) is 22.8 Å². The Morgan fingerprint density at radius 3 is 2.54 bits per heavy atom. The molecule has 4 N–H and O–H groups in total. The fourth-order valence-electron chi connectivity index (χ4n) is 10.3. The Hall–Kier alpha value is -5.13. The van der Waals surface area contributed by atoms with E-state index in [9.17, 15) is 15.0 Å². The largest absolute Gasteiger partial charge is 0.495 e. The summed E-state index contributed by atoms with van der Waals surface area (Å²) in [5.74, 6) is 0.651. The Bertz CT molecular complexity index is 2410. The quantitative estimate of drug-likeness (QED) is 0.106. The van der Waals surface area contributed by atoms with Crippen LogP contribution in [0.1, 0.15) is 104 Å². The number of aromatic nitrogens is 2. The Balaban J connectivity index is 1.44. The van der Waals surface area contributed by atoms with Crippen molar-refractivity contribution in [3.63, 3.8) is 0 Å². The molecule has 59 heavy (non-hydrogen) atoms. The predicted octanol–water partition coefficient (Wildman–Crippen LogP) is 8.02. The fraction of sp³-hybridized carbons (Fsp3) is 0.479. The first-order chi connectivity index (χ1) is 28.1. The SMILES string of the molecule is COc1c2c(c(CC=C(C)C)c3c1C1=C4C(C5CC(C(C)C)C4(O3)C(O)(C/C=C(/C)C(=O)NCCO)C5=O)n3c(nc4ccccc43)N1)OC(C)(CCC=C(C)C)C=C2. The first-order valence-electron chi connectivity index (χ1n) is 21.0. The summed E-state index contributed by atoms with van der Waals surface area (Å²) >= 11 is 0. The second kappa shape index (κ2) is 14.9. The normalized spacial score (nSPS) is 27.2. The number of ketones is 1. The Labute approximate surface area is 346 Å². The molecule has 3 aliphatic heterocycles. The van der Waals surface area contributed by atoms with Gasteiger partial charge in [-0.2, -0.15) is 0 Å². The topological polar surface area (TPSA) is 144 Å². The molecule has 1 aromatic heterocycles. The Kier molecular flexibility index (Phi) is 10.2. The lowest BCUT2D eigenvalue weighted by Gasteiger charge is -2.66. The number of hydrogen-bond donors (Lipinski definition) is 4. The van der Waals surface area contributed by atoms with E-state index < -0.39 is 28.8 Å². The van der Waals surface area contributed by atoms with E-state index in [1.807, 2.05) is 24.3 Å². The minimum Gasteiger partial charge on any atom is -0.495 e. The lowest BCUT2D eigenvalue weighted by molar-refractivity contribution is -0.210. The Morgan fingerprint density at radius 2 is 1.85 bits per heavy atom. The van der Waals surface area contributed by atoms with E-state index in [1.165, 1.54) is 5.57 Å². The number of anilines is 1. The number of imidazole rings is 1. The number of carbonyl (C=O) groups excluding carboxylic acids is 2. The first kappa shape index (κ1) is 40.6. The monoisotopic (exact) mass is 802 g/mol. The highest BCUT2D eigenvalue weighted by molar-refractivity contribution is 6.03. The summed E-state index contributed by atoms with van der Waals surface area (Å²) in [4.78, 5) is 33.6. The zero-order valence-electron chi connectivity index (χ0n) is 35.8. The van der Waals surface area contributed by atoms with E-state index in [0.717, 1.165) is 46.1 Å². The molecule has 3 fully saturated rings. The van der Waals surface area contributed by atoms with E-state index in [-0.39, 0.29) is 43.1 Å². The maximum Gasteiger partial charge on any atom is 0.246 e. The van der Waals surface area contributed by atoms with E-state index in [0.29, 0.717) is 52.9 Å². The number of aliphatic hydroxyl groups excluding tert-OH is 1. The number of nitrogens with one attached hydrogen (secondary N) is 2. The number of ether oxygens (including phenoxy) is 3. The van der Waals surface area contributed by atoms with Crippen molar-refractivity contribution < 1.29 is 34.0 Å². The van der Waals surface area contributed by atoms with Crippen LogP contribution in [0, 0.1) is 17.8 Å². The molecule has 2 bridgehead atoms. The number of rotatable bonds is 12. The molecule has 11 heteroatoms. The summed E-state index contributed by atoms with van der Waals surface area (Å²) in [6, 6.07) is 7.40. The van der Waals surface area contributed by atoms with E-state index >= 15 is 4.79 Å². The van der Waals surface area contributed by atoms with Gasteiger partial charge in [-0.25, -0.2) is 4.98 Å². The molecule has 1 amide bonds. The highest BCUT2D eigenvalue weighted by Gasteiger charge is 2.76. The van der Waals surface area contributed by atoms with Crippen molar-refractivity contribution in [1.29, 1.82) is 0 Å². The number of benzene rings is 2. The van der Waals surface area contributed by atoms with Crippen molar-refractivity contribution in [2.75, 3.05) is 25.6 Å². The molecule has 3 aromatic rings. The van der Waals surface area contributed by atoms with Crippen LogP contribution in [0.15, 0.2) is 70.9 Å². The molecule has 0 radical (unpaired) electrons. The van der Waals surface area contributed by atoms with Gasteiger partial charge in [0.05, 0.1) is 47.6 Å². The number of allylic oxidation sites excluding steroid dienone is 4. The van der Waals surface area contributed by atoms with Gasteiger partial charge in [-0.05, 0) is 97.4 Å². The fourth-order valence-corrected chi connectivity index (χ4v) is 10.3. The van der Waals surface area contributed by atoms with Crippen LogP contribution in [-0.4, -0.2) is 68.5 Å². The van der Waals surface area contributed by atoms with Crippen molar-refractivity contribution in [2.45, 2.75) is 110 Å². The highest BCUT2D eigenvalue weighted by Crippen LogP contribution is 2.69. The van der Waals surface area contributed by atoms with Crippen LogP contribution in [0.4, 0.5) is 5.95 Å². The molecular formula is C48H58N4O7. The average molecular weight is 803 g/mol. The van der Waals surface area contributed by atoms with Gasteiger partial charge in [0, 0.05) is 41.5 Å². The molecule has 9 rings (SSSR count). The van der Waals surface area contributed by atoms with E-state index in [4.69, 9.17) is 19.2 Å². The predicted molar refractivity (Wildman–Crippen MR) is 230 cm³/mol. The molecule has 1 spiro atoms. The van der Waals surface area contributed by atoms with Crippen molar-refractivity contribution in [2.24, 2.45) is 17.8 Å². The molecule has 6 atom stereocenters. The van der Waals surface area contributed by atoms with Gasteiger partial charge in [0.25, 0.3) is 0 Å². The molecule has 0 saturated heterocycles. The zero-order chi connectivity index (χ0) is 42.2. The van der Waals surface area contributed by atoms with Gasteiger partial charge in [-0.15, -0.1) is 0 Å². The number of para-hydroxylation sites is 2. The van der Waals surface area contributed by atoms with Crippen LogP contribution >= 0.6 is 0 Å². The smallest absolute Gasteiger partial charge is 0.246 e. The lowest BCUT2D eigenvalue weighted by Crippen LogP contribution is -2.78. The summed E-state index contributed by atoms with van der Waals surface area (Å²) in [6.07, 6.45) is 12.6. The van der Waals surface area contributed by atoms with Crippen LogP contribution < -0.4 is 24.8 Å². The zero-order valence-corrected chi connectivity index (χ0v) is 35.8. The third kappa shape index (κ3) is 6.17.